The Hall–Kier alpha value is -1.75. The molecule has 3 atom stereocenters. The first-order valence-corrected chi connectivity index (χ1v) is 6.14. The van der Waals surface area contributed by atoms with E-state index in [-0.39, 0.29) is 11.7 Å². The van der Waals surface area contributed by atoms with Crippen LogP contribution < -0.4 is 11.1 Å². The molecular weight excluding hydrogens is 230 g/mol. The first-order valence-electron chi connectivity index (χ1n) is 6.14. The van der Waals surface area contributed by atoms with Crippen molar-refractivity contribution in [3.8, 4) is 0 Å². The largest absolute Gasteiger partial charge is 0.370 e. The van der Waals surface area contributed by atoms with Crippen LogP contribution in [0, 0.1) is 10.8 Å². The molecule has 5 nitrogen and oxygen atoms in total. The summed E-state index contributed by atoms with van der Waals surface area (Å²) in [4.78, 5) is 22.8. The van der Waals surface area contributed by atoms with Gasteiger partial charge in [-0.3, -0.25) is 4.79 Å². The van der Waals surface area contributed by atoms with Crippen LogP contribution in [0.2, 0.25) is 0 Å². The molecule has 1 heterocycles. The van der Waals surface area contributed by atoms with E-state index >= 15 is 0 Å². The smallest absolute Gasteiger partial charge is 0.192 e. The Labute approximate surface area is 106 Å². The number of hydrogen-bond acceptors (Lipinski definition) is 5. The molecule has 5 heteroatoms. The summed E-state index contributed by atoms with van der Waals surface area (Å²) < 4.78 is 0. The number of rotatable bonds is 3. The van der Waals surface area contributed by atoms with Crippen molar-refractivity contribution in [3.05, 3.63) is 40.5 Å². The summed E-state index contributed by atoms with van der Waals surface area (Å²) in [6, 6.07) is -1.01. The Kier molecular flexibility index (Phi) is 3.72. The lowest BCUT2D eigenvalue weighted by molar-refractivity contribution is -0.118. The van der Waals surface area contributed by atoms with Crippen LogP contribution in [-0.2, 0) is 4.79 Å². The van der Waals surface area contributed by atoms with Gasteiger partial charge in [0, 0.05) is 17.2 Å². The molecule has 0 saturated heterocycles. The second kappa shape index (κ2) is 5.27. The molecule has 2 rings (SSSR count). The van der Waals surface area contributed by atoms with E-state index in [1.54, 1.807) is 0 Å². The first kappa shape index (κ1) is 12.7. The lowest BCUT2D eigenvalue weighted by Gasteiger charge is -2.32. The highest BCUT2D eigenvalue weighted by atomic mass is 16.3. The molecule has 0 amide bonds. The van der Waals surface area contributed by atoms with Crippen molar-refractivity contribution >= 4 is 5.78 Å². The molecular formula is C13H17N3O2. The van der Waals surface area contributed by atoms with E-state index < -0.39 is 12.2 Å². The normalized spacial score (nSPS) is 31.4. The van der Waals surface area contributed by atoms with Gasteiger partial charge in [0.15, 0.2) is 11.8 Å². The second-order valence-corrected chi connectivity index (χ2v) is 4.49. The van der Waals surface area contributed by atoms with Crippen LogP contribution in [0.5, 0.6) is 0 Å². The number of nitrogens with two attached hydrogens (primary N) is 1. The van der Waals surface area contributed by atoms with Crippen LogP contribution in [0.15, 0.2) is 40.8 Å². The van der Waals surface area contributed by atoms with E-state index in [9.17, 15) is 9.70 Å². The number of nitrogens with one attached hydrogen (secondary N) is 1. The third kappa shape index (κ3) is 2.13. The van der Waals surface area contributed by atoms with Gasteiger partial charge in [0.25, 0.3) is 0 Å². The highest BCUT2D eigenvalue weighted by Gasteiger charge is 2.37. The predicted octanol–water partition coefficient (Wildman–Crippen LogP) is 1.37. The minimum Gasteiger partial charge on any atom is -0.370 e. The fourth-order valence-corrected chi connectivity index (χ4v) is 2.42. The lowest BCUT2D eigenvalue weighted by atomic mass is 9.86. The van der Waals surface area contributed by atoms with E-state index in [4.69, 9.17) is 5.73 Å². The fraction of sp³-hybridized carbons (Fsp3) is 0.462. The monoisotopic (exact) mass is 247 g/mol. The van der Waals surface area contributed by atoms with Gasteiger partial charge in [-0.1, -0.05) is 36.4 Å². The van der Waals surface area contributed by atoms with Crippen molar-refractivity contribution in [1.82, 2.24) is 5.32 Å². The van der Waals surface area contributed by atoms with Gasteiger partial charge in [0.1, 0.15) is 6.17 Å². The molecule has 3 unspecified atom stereocenters. The molecule has 2 aliphatic rings. The number of carbonyl (C=O) groups is 1. The molecule has 96 valence electrons. The third-order valence-corrected chi connectivity index (χ3v) is 3.37. The van der Waals surface area contributed by atoms with Crippen LogP contribution in [0.25, 0.3) is 0 Å². The van der Waals surface area contributed by atoms with E-state index in [0.29, 0.717) is 12.0 Å². The van der Waals surface area contributed by atoms with Gasteiger partial charge in [0.2, 0.25) is 0 Å². The summed E-state index contributed by atoms with van der Waals surface area (Å²) in [5.41, 5.74) is 7.28. The quantitative estimate of drug-likeness (QED) is 0.738. The van der Waals surface area contributed by atoms with Gasteiger partial charge in [-0.25, -0.2) is 0 Å². The molecule has 1 aliphatic heterocycles. The first-order chi connectivity index (χ1) is 8.69. The van der Waals surface area contributed by atoms with Gasteiger partial charge < -0.3 is 11.1 Å². The molecule has 18 heavy (non-hydrogen) atoms. The van der Waals surface area contributed by atoms with E-state index in [1.165, 1.54) is 0 Å². The van der Waals surface area contributed by atoms with Crippen molar-refractivity contribution in [2.45, 2.75) is 32.0 Å². The zero-order chi connectivity index (χ0) is 13.1. The van der Waals surface area contributed by atoms with Crippen LogP contribution >= 0.6 is 0 Å². The molecule has 0 fully saturated rings. The zero-order valence-corrected chi connectivity index (χ0v) is 10.3. The van der Waals surface area contributed by atoms with Crippen LogP contribution in [0.3, 0.4) is 0 Å². The van der Waals surface area contributed by atoms with E-state index in [0.717, 1.165) is 12.1 Å². The molecule has 3 N–H and O–H groups in total. The Morgan fingerprint density at radius 1 is 1.50 bits per heavy atom. The lowest BCUT2D eigenvalue weighted by Crippen LogP contribution is -2.54. The Morgan fingerprint density at radius 3 is 2.83 bits per heavy atom. The molecule has 0 spiro atoms. The van der Waals surface area contributed by atoms with Crippen molar-refractivity contribution in [2.75, 3.05) is 0 Å². The van der Waals surface area contributed by atoms with Crippen molar-refractivity contribution in [1.29, 1.82) is 0 Å². The molecule has 0 bridgehead atoms. The van der Waals surface area contributed by atoms with Crippen LogP contribution in [-0.4, -0.2) is 18.0 Å². The summed E-state index contributed by atoms with van der Waals surface area (Å²) >= 11 is 0. The zero-order valence-electron chi connectivity index (χ0n) is 10.3. The number of carbonyl (C=O) groups excluding carboxylic acids is 1. The maximum atomic E-state index is 12.1. The van der Waals surface area contributed by atoms with E-state index in [1.807, 2.05) is 31.2 Å². The molecule has 0 radical (unpaired) electrons. The third-order valence-electron chi connectivity index (χ3n) is 3.37. The minimum atomic E-state index is -1.01. The SMILES string of the molecule is CCC1=C(C2C=CC=CC2)NC(N)C(N=O)C1=O. The van der Waals surface area contributed by atoms with Gasteiger partial charge in [-0.2, -0.15) is 0 Å². The van der Waals surface area contributed by atoms with Crippen molar-refractivity contribution in [3.63, 3.8) is 0 Å². The highest BCUT2D eigenvalue weighted by molar-refractivity contribution is 6.01. The Balaban J connectivity index is 2.36. The summed E-state index contributed by atoms with van der Waals surface area (Å²) in [6.07, 6.45) is 8.70. The topological polar surface area (TPSA) is 84.5 Å². The van der Waals surface area contributed by atoms with Crippen LogP contribution in [0.4, 0.5) is 0 Å². The number of ketones is 1. The standard InChI is InChI=1S/C13H17N3O2/c1-2-9-10(8-6-4-3-5-7-8)15-13(14)11(16-18)12(9)17/h3-6,8,11,13,15H,2,7,14H2,1H3. The average Bonchev–Trinajstić information content (AvgIpc) is 2.39. The summed E-state index contributed by atoms with van der Waals surface area (Å²) in [5.74, 6) is -0.107. The van der Waals surface area contributed by atoms with E-state index in [2.05, 4.69) is 10.5 Å². The van der Waals surface area contributed by atoms with Gasteiger partial charge >= 0.3 is 0 Å². The summed E-state index contributed by atoms with van der Waals surface area (Å²) in [6.45, 7) is 1.90. The van der Waals surface area contributed by atoms with Crippen molar-refractivity contribution in [2.24, 2.45) is 16.8 Å². The van der Waals surface area contributed by atoms with Gasteiger partial charge in [-0.05, 0) is 12.8 Å². The fourth-order valence-electron chi connectivity index (χ4n) is 2.42. The number of nitroso groups, excluding NO2 is 1. The maximum Gasteiger partial charge on any atom is 0.192 e. The van der Waals surface area contributed by atoms with Crippen LogP contribution in [0.1, 0.15) is 19.8 Å². The number of hydrogen-bond donors (Lipinski definition) is 2. The second-order valence-electron chi connectivity index (χ2n) is 4.49. The molecule has 0 aromatic carbocycles. The maximum absolute atomic E-state index is 12.1. The highest BCUT2D eigenvalue weighted by Crippen LogP contribution is 2.28. The van der Waals surface area contributed by atoms with Crippen molar-refractivity contribution < 1.29 is 4.79 Å². The predicted molar refractivity (Wildman–Crippen MR) is 69.4 cm³/mol. The molecule has 0 aromatic heterocycles. The molecule has 1 aliphatic carbocycles. The number of nitrogens with zero attached hydrogens (tertiary/aromatic N) is 1. The van der Waals surface area contributed by atoms with Gasteiger partial charge in [-0.15, -0.1) is 4.91 Å². The number of Topliss-reactive ketones (excluding diaryl/α,β-unsaturated/α-hetero) is 1. The summed E-state index contributed by atoms with van der Waals surface area (Å²) in [5, 5.41) is 5.91. The van der Waals surface area contributed by atoms with Gasteiger partial charge in [0.05, 0.1) is 0 Å². The minimum absolute atomic E-state index is 0.132. The number of allylic oxidation sites excluding steroid dienone is 4. The Bertz CT molecular complexity index is 451. The Morgan fingerprint density at radius 2 is 2.28 bits per heavy atom. The average molecular weight is 247 g/mol. The summed E-state index contributed by atoms with van der Waals surface area (Å²) in [7, 11) is 0. The molecule has 0 aromatic rings. The molecule has 0 saturated carbocycles.